The quantitative estimate of drug-likeness (QED) is 0.370. The van der Waals surface area contributed by atoms with Crippen LogP contribution in [0.4, 0.5) is 10.1 Å². The molecule has 0 radical (unpaired) electrons. The van der Waals surface area contributed by atoms with Gasteiger partial charge in [0.1, 0.15) is 16.6 Å². The average molecular weight is 522 g/mol. The molecule has 3 heterocycles. The van der Waals surface area contributed by atoms with Gasteiger partial charge in [0, 0.05) is 48.5 Å². The van der Waals surface area contributed by atoms with E-state index in [0.717, 1.165) is 6.07 Å². The number of ether oxygens (including phenoxy) is 3. The van der Waals surface area contributed by atoms with Gasteiger partial charge >= 0.3 is 5.97 Å². The van der Waals surface area contributed by atoms with Crippen LogP contribution in [-0.2, 0) is 7.05 Å². The zero-order valence-corrected chi connectivity index (χ0v) is 21.1. The van der Waals surface area contributed by atoms with Crippen molar-refractivity contribution in [3.05, 3.63) is 75.1 Å². The van der Waals surface area contributed by atoms with Crippen molar-refractivity contribution in [3.63, 3.8) is 0 Å². The summed E-state index contributed by atoms with van der Waals surface area (Å²) in [5.74, 6) is -2.53. The number of carboxylic acid groups (broad SMARTS) is 1. The number of aromatic carboxylic acids is 1. The number of fused-ring (bicyclic) bond motifs is 1. The van der Waals surface area contributed by atoms with Gasteiger partial charge in [-0.25, -0.2) is 14.2 Å². The first-order chi connectivity index (χ1) is 18.1. The molecule has 0 aliphatic heterocycles. The van der Waals surface area contributed by atoms with E-state index < -0.39 is 28.7 Å². The summed E-state index contributed by atoms with van der Waals surface area (Å²) in [5, 5.41) is 11.9. The van der Waals surface area contributed by atoms with Gasteiger partial charge in [-0.05, 0) is 26.0 Å². The molecule has 0 saturated carbocycles. The molecular formula is C26H23FN4O7. The predicted octanol–water partition coefficient (Wildman–Crippen LogP) is 3.84. The van der Waals surface area contributed by atoms with E-state index in [9.17, 15) is 23.9 Å². The van der Waals surface area contributed by atoms with Gasteiger partial charge in [-0.1, -0.05) is 0 Å². The predicted molar refractivity (Wildman–Crippen MR) is 135 cm³/mol. The smallest absolute Gasteiger partial charge is 0.341 e. The second kappa shape index (κ2) is 10.2. The molecule has 2 N–H and O–H groups in total. The number of carbonyl (C=O) groups excluding carboxylic acids is 1. The lowest BCUT2D eigenvalue weighted by molar-refractivity contribution is 0.0693. The molecule has 0 spiro atoms. The van der Waals surface area contributed by atoms with Crippen molar-refractivity contribution in [2.75, 3.05) is 19.5 Å². The van der Waals surface area contributed by atoms with Crippen LogP contribution in [0, 0.1) is 19.7 Å². The van der Waals surface area contributed by atoms with E-state index in [0.29, 0.717) is 16.8 Å². The fourth-order valence-electron chi connectivity index (χ4n) is 3.92. The van der Waals surface area contributed by atoms with Crippen molar-refractivity contribution in [1.82, 2.24) is 14.5 Å². The molecule has 0 fully saturated rings. The number of methoxy groups -OCH3 is 2. The van der Waals surface area contributed by atoms with E-state index in [2.05, 4.69) is 15.3 Å². The van der Waals surface area contributed by atoms with Crippen molar-refractivity contribution in [2.24, 2.45) is 7.05 Å². The van der Waals surface area contributed by atoms with Crippen LogP contribution in [0.3, 0.4) is 0 Å². The Morgan fingerprint density at radius 2 is 1.71 bits per heavy atom. The molecule has 4 rings (SSSR count). The number of aromatic nitrogens is 3. The fraction of sp³-hybridized carbons (Fsp3) is 0.192. The Balaban J connectivity index is 1.64. The van der Waals surface area contributed by atoms with Crippen LogP contribution in [0.2, 0.25) is 0 Å². The average Bonchev–Trinajstić information content (AvgIpc) is 2.88. The van der Waals surface area contributed by atoms with Gasteiger partial charge in [-0.3, -0.25) is 14.6 Å². The number of nitrogens with zero attached hydrogens (tertiary/aromatic N) is 3. The summed E-state index contributed by atoms with van der Waals surface area (Å²) in [6.07, 6.45) is 1.47. The molecule has 0 aliphatic carbocycles. The molecule has 0 aliphatic rings. The third kappa shape index (κ3) is 4.59. The second-order valence-electron chi connectivity index (χ2n) is 8.19. The molecule has 0 saturated heterocycles. The molecule has 196 valence electrons. The molecule has 0 atom stereocenters. The molecule has 1 amide bonds. The highest BCUT2D eigenvalue weighted by molar-refractivity contribution is 6.06. The lowest BCUT2D eigenvalue weighted by atomic mass is 10.1. The highest BCUT2D eigenvalue weighted by atomic mass is 19.1. The maximum atomic E-state index is 15.0. The van der Waals surface area contributed by atoms with Gasteiger partial charge in [-0.2, -0.15) is 0 Å². The molecule has 4 aromatic rings. The first kappa shape index (κ1) is 26.1. The van der Waals surface area contributed by atoms with Crippen LogP contribution in [0.5, 0.6) is 23.1 Å². The van der Waals surface area contributed by atoms with Crippen molar-refractivity contribution >= 4 is 28.6 Å². The Labute approximate surface area is 215 Å². The summed E-state index contributed by atoms with van der Waals surface area (Å²) < 4.78 is 32.6. The van der Waals surface area contributed by atoms with Crippen molar-refractivity contribution in [1.29, 1.82) is 0 Å². The Bertz CT molecular complexity index is 1670. The number of nitrogens with one attached hydrogen (secondary N) is 1. The first-order valence-corrected chi connectivity index (χ1v) is 11.2. The molecule has 0 unspecified atom stereocenters. The van der Waals surface area contributed by atoms with E-state index in [1.54, 1.807) is 13.1 Å². The molecule has 1 aromatic carbocycles. The van der Waals surface area contributed by atoms with Crippen LogP contribution in [-0.4, -0.2) is 45.7 Å². The Kier molecular flexibility index (Phi) is 6.98. The number of hydrogen-bond donors (Lipinski definition) is 2. The number of benzene rings is 1. The second-order valence-corrected chi connectivity index (χ2v) is 8.19. The summed E-state index contributed by atoms with van der Waals surface area (Å²) >= 11 is 0. The Morgan fingerprint density at radius 3 is 2.34 bits per heavy atom. The fourth-order valence-corrected chi connectivity index (χ4v) is 3.92. The highest BCUT2D eigenvalue weighted by Gasteiger charge is 2.25. The number of pyridine rings is 3. The largest absolute Gasteiger partial charge is 0.491 e. The topological polar surface area (TPSA) is 142 Å². The lowest BCUT2D eigenvalue weighted by Crippen LogP contribution is -2.31. The number of hydrogen-bond acceptors (Lipinski definition) is 8. The van der Waals surface area contributed by atoms with E-state index in [1.807, 2.05) is 0 Å². The first-order valence-electron chi connectivity index (χ1n) is 11.2. The number of anilines is 1. The number of rotatable bonds is 7. The van der Waals surface area contributed by atoms with Crippen LogP contribution in [0.1, 0.15) is 32.1 Å². The highest BCUT2D eigenvalue weighted by Crippen LogP contribution is 2.35. The molecular weight excluding hydrogens is 499 g/mol. The Hall–Kier alpha value is -5.00. The van der Waals surface area contributed by atoms with Crippen molar-refractivity contribution in [3.8, 4) is 23.1 Å². The van der Waals surface area contributed by atoms with Gasteiger partial charge < -0.3 is 29.2 Å². The zero-order chi connectivity index (χ0) is 27.7. The lowest BCUT2D eigenvalue weighted by Gasteiger charge is -2.16. The summed E-state index contributed by atoms with van der Waals surface area (Å²) in [7, 11) is 4.43. The molecule has 0 bridgehead atoms. The molecule has 38 heavy (non-hydrogen) atoms. The minimum absolute atomic E-state index is 0.0304. The van der Waals surface area contributed by atoms with Gasteiger partial charge in [0.05, 0.1) is 19.7 Å². The third-order valence-electron chi connectivity index (χ3n) is 6.06. The van der Waals surface area contributed by atoms with Crippen molar-refractivity contribution in [2.45, 2.75) is 13.8 Å². The minimum atomic E-state index is -1.45. The summed E-state index contributed by atoms with van der Waals surface area (Å²) in [6, 6.07) is 6.80. The van der Waals surface area contributed by atoms with E-state index in [-0.39, 0.29) is 40.0 Å². The van der Waals surface area contributed by atoms with Crippen LogP contribution >= 0.6 is 0 Å². The van der Waals surface area contributed by atoms with Crippen LogP contribution in [0.15, 0.2) is 41.3 Å². The normalized spacial score (nSPS) is 10.8. The SMILES string of the molecule is COc1cc2nccc(Oc3ccc(NC(=O)c4c(C)n(C)c(C)c(C(=O)O)c4=O)cc3F)c2nc1OC. The summed E-state index contributed by atoms with van der Waals surface area (Å²) in [5.41, 5.74) is -0.545. The van der Waals surface area contributed by atoms with E-state index >= 15 is 0 Å². The number of carboxylic acids is 1. The molecule has 11 nitrogen and oxygen atoms in total. The zero-order valence-electron chi connectivity index (χ0n) is 21.1. The number of carbonyl (C=O) groups is 2. The maximum absolute atomic E-state index is 15.0. The minimum Gasteiger partial charge on any atom is -0.491 e. The number of amides is 1. The van der Waals surface area contributed by atoms with E-state index in [1.165, 1.54) is 57.0 Å². The van der Waals surface area contributed by atoms with Gasteiger partial charge in [0.2, 0.25) is 5.43 Å². The summed E-state index contributed by atoms with van der Waals surface area (Å²) in [6.45, 7) is 2.99. The van der Waals surface area contributed by atoms with Gasteiger partial charge in [0.15, 0.2) is 23.1 Å². The van der Waals surface area contributed by atoms with Gasteiger partial charge in [0.25, 0.3) is 11.8 Å². The monoisotopic (exact) mass is 522 g/mol. The third-order valence-corrected chi connectivity index (χ3v) is 6.06. The molecule has 12 heteroatoms. The van der Waals surface area contributed by atoms with Crippen LogP contribution in [0.25, 0.3) is 11.0 Å². The van der Waals surface area contributed by atoms with Gasteiger partial charge in [-0.15, -0.1) is 0 Å². The number of halogens is 1. The standard InChI is InChI=1S/C26H23FN4O7/c1-12-20(23(32)21(26(34)35)13(2)31(12)3)24(33)29-14-6-7-17(15(27)10-14)38-18-8-9-28-16-11-19(36-4)25(37-5)30-22(16)18/h6-11H,1-5H3,(H,29,33)(H,34,35). The Morgan fingerprint density at radius 1 is 1.00 bits per heavy atom. The van der Waals surface area contributed by atoms with E-state index in [4.69, 9.17) is 14.2 Å². The van der Waals surface area contributed by atoms with Crippen molar-refractivity contribution < 1.29 is 33.3 Å². The summed E-state index contributed by atoms with van der Waals surface area (Å²) in [4.78, 5) is 45.9. The van der Waals surface area contributed by atoms with Crippen LogP contribution < -0.4 is 25.0 Å². The maximum Gasteiger partial charge on any atom is 0.341 e. The molecule has 3 aromatic heterocycles.